The molecule has 1 aromatic rings. The highest BCUT2D eigenvalue weighted by Gasteiger charge is 2.17. The number of benzene rings is 1. The molecule has 0 aliphatic carbocycles. The molecule has 1 aromatic carbocycles. The Kier molecular flexibility index (Phi) is 4.67. The smallest absolute Gasteiger partial charge is 0.0863 e. The lowest BCUT2D eigenvalue weighted by molar-refractivity contribution is 0.397. The minimum atomic E-state index is 0.0915. The fourth-order valence-electron chi connectivity index (χ4n) is 2.34. The quantitative estimate of drug-likeness (QED) is 0.665. The van der Waals surface area contributed by atoms with Crippen LogP contribution in [-0.2, 0) is 6.54 Å². The van der Waals surface area contributed by atoms with Crippen molar-refractivity contribution in [1.29, 1.82) is 0 Å². The van der Waals surface area contributed by atoms with Gasteiger partial charge in [-0.05, 0) is 30.9 Å². The minimum Gasteiger partial charge on any atom is -0.374 e. The molecule has 98 valence electrons. The monoisotopic (exact) mass is 264 g/mol. The first-order valence-electron chi connectivity index (χ1n) is 6.48. The van der Waals surface area contributed by atoms with Crippen molar-refractivity contribution in [1.82, 2.24) is 10.2 Å². The summed E-state index contributed by atoms with van der Waals surface area (Å²) in [6.07, 6.45) is 2.06. The first-order valence-corrected chi connectivity index (χ1v) is 6.91. The summed E-state index contributed by atoms with van der Waals surface area (Å²) in [5.74, 6) is 0. The Bertz CT molecular complexity index is 414. The Morgan fingerprint density at radius 1 is 1.39 bits per heavy atom. The average Bonchev–Trinajstić information content (AvgIpc) is 2.39. The molecule has 2 rings (SSSR count). The van der Waals surface area contributed by atoms with Gasteiger partial charge in [0.2, 0.25) is 0 Å². The lowest BCUT2D eigenvalue weighted by Gasteiger charge is -2.28. The SMILES string of the molecule is CC(=C1CCNC(Cl)C1)N(C)Cc1ccccc1. The van der Waals surface area contributed by atoms with Crippen LogP contribution in [0.3, 0.4) is 0 Å². The summed E-state index contributed by atoms with van der Waals surface area (Å²) in [5.41, 5.74) is 4.28. The van der Waals surface area contributed by atoms with Crippen LogP contribution in [-0.4, -0.2) is 24.0 Å². The molecule has 2 nitrogen and oxygen atoms in total. The van der Waals surface area contributed by atoms with Gasteiger partial charge in [0.15, 0.2) is 0 Å². The van der Waals surface area contributed by atoms with Crippen LogP contribution in [0.5, 0.6) is 0 Å². The van der Waals surface area contributed by atoms with Crippen LogP contribution in [0.1, 0.15) is 25.3 Å². The van der Waals surface area contributed by atoms with E-state index >= 15 is 0 Å². The molecule has 1 unspecified atom stereocenters. The van der Waals surface area contributed by atoms with E-state index in [0.717, 1.165) is 25.9 Å². The molecule has 3 heteroatoms. The van der Waals surface area contributed by atoms with Crippen LogP contribution in [0.25, 0.3) is 0 Å². The predicted octanol–water partition coefficient (Wildman–Crippen LogP) is 3.34. The molecule has 1 atom stereocenters. The first-order chi connectivity index (χ1) is 8.66. The van der Waals surface area contributed by atoms with Gasteiger partial charge >= 0.3 is 0 Å². The zero-order chi connectivity index (χ0) is 13.0. The number of nitrogens with zero attached hydrogens (tertiary/aromatic N) is 1. The number of alkyl halides is 1. The fraction of sp³-hybridized carbons (Fsp3) is 0.467. The van der Waals surface area contributed by atoms with Crippen molar-refractivity contribution in [2.75, 3.05) is 13.6 Å². The molecule has 1 fully saturated rings. The zero-order valence-corrected chi connectivity index (χ0v) is 11.9. The molecule has 0 spiro atoms. The molecule has 18 heavy (non-hydrogen) atoms. The van der Waals surface area contributed by atoms with E-state index in [4.69, 9.17) is 11.6 Å². The van der Waals surface area contributed by atoms with E-state index in [9.17, 15) is 0 Å². The summed E-state index contributed by atoms with van der Waals surface area (Å²) in [4.78, 5) is 2.32. The summed E-state index contributed by atoms with van der Waals surface area (Å²) in [6, 6.07) is 10.6. The molecule has 1 N–H and O–H groups in total. The molecule has 0 bridgehead atoms. The van der Waals surface area contributed by atoms with E-state index in [1.807, 2.05) is 0 Å². The van der Waals surface area contributed by atoms with Gasteiger partial charge in [0.05, 0.1) is 5.50 Å². The molecule has 1 heterocycles. The molecule has 0 amide bonds. The Balaban J connectivity index is 2.04. The van der Waals surface area contributed by atoms with Crippen LogP contribution >= 0.6 is 11.6 Å². The summed E-state index contributed by atoms with van der Waals surface area (Å²) in [6.45, 7) is 4.14. The largest absolute Gasteiger partial charge is 0.374 e. The van der Waals surface area contributed by atoms with Crippen molar-refractivity contribution in [2.24, 2.45) is 0 Å². The van der Waals surface area contributed by atoms with Gasteiger partial charge in [-0.1, -0.05) is 30.3 Å². The molecule has 1 aliphatic rings. The third-order valence-electron chi connectivity index (χ3n) is 3.57. The van der Waals surface area contributed by atoms with Crippen LogP contribution in [0.2, 0.25) is 0 Å². The topological polar surface area (TPSA) is 15.3 Å². The maximum atomic E-state index is 6.16. The van der Waals surface area contributed by atoms with Crippen LogP contribution in [0.15, 0.2) is 41.6 Å². The lowest BCUT2D eigenvalue weighted by atomic mass is 10.0. The average molecular weight is 265 g/mol. The second kappa shape index (κ2) is 6.26. The standard InChI is InChI=1S/C15H21ClN2/c1-12(14-8-9-17-15(16)10-14)18(2)11-13-6-4-3-5-7-13/h3-7,15,17H,8-11H2,1-2H3. The first kappa shape index (κ1) is 13.4. The molecule has 0 saturated carbocycles. The van der Waals surface area contributed by atoms with Gasteiger partial charge in [0, 0.05) is 25.8 Å². The number of rotatable bonds is 3. The van der Waals surface area contributed by atoms with E-state index in [1.165, 1.54) is 16.8 Å². The maximum Gasteiger partial charge on any atom is 0.0863 e. The zero-order valence-electron chi connectivity index (χ0n) is 11.1. The molecular weight excluding hydrogens is 244 g/mol. The highest BCUT2D eigenvalue weighted by Crippen LogP contribution is 2.23. The molecular formula is C15H21ClN2. The Labute approximate surface area is 115 Å². The minimum absolute atomic E-state index is 0.0915. The van der Waals surface area contributed by atoms with Gasteiger partial charge in [-0.2, -0.15) is 0 Å². The summed E-state index contributed by atoms with van der Waals surface area (Å²) in [7, 11) is 2.15. The third-order valence-corrected chi connectivity index (χ3v) is 3.87. The maximum absolute atomic E-state index is 6.16. The highest BCUT2D eigenvalue weighted by atomic mass is 35.5. The van der Waals surface area contributed by atoms with E-state index in [-0.39, 0.29) is 5.50 Å². The summed E-state index contributed by atoms with van der Waals surface area (Å²) >= 11 is 6.16. The van der Waals surface area contributed by atoms with Gasteiger partial charge in [-0.25, -0.2) is 0 Å². The lowest BCUT2D eigenvalue weighted by Crippen LogP contribution is -2.32. The number of nitrogens with one attached hydrogen (secondary N) is 1. The number of allylic oxidation sites excluding steroid dienone is 1. The number of halogens is 1. The van der Waals surface area contributed by atoms with Crippen LogP contribution in [0, 0.1) is 0 Å². The molecule has 0 radical (unpaired) electrons. The Hall–Kier alpha value is -0.990. The highest BCUT2D eigenvalue weighted by molar-refractivity contribution is 6.20. The van der Waals surface area contributed by atoms with Gasteiger partial charge in [-0.15, -0.1) is 11.6 Å². The second-order valence-electron chi connectivity index (χ2n) is 4.91. The number of piperidine rings is 1. The summed E-state index contributed by atoms with van der Waals surface area (Å²) in [5, 5.41) is 3.27. The van der Waals surface area contributed by atoms with Gasteiger partial charge < -0.3 is 10.2 Å². The second-order valence-corrected chi connectivity index (χ2v) is 5.43. The number of hydrogen-bond donors (Lipinski definition) is 1. The van der Waals surface area contributed by atoms with Crippen molar-refractivity contribution < 1.29 is 0 Å². The predicted molar refractivity (Wildman–Crippen MR) is 77.5 cm³/mol. The van der Waals surface area contributed by atoms with Crippen molar-refractivity contribution in [3.63, 3.8) is 0 Å². The van der Waals surface area contributed by atoms with Gasteiger partial charge in [-0.3, -0.25) is 0 Å². The fourth-order valence-corrected chi connectivity index (χ4v) is 2.64. The normalized spacial score (nSPS) is 22.7. The van der Waals surface area contributed by atoms with E-state index in [0.29, 0.717) is 0 Å². The van der Waals surface area contributed by atoms with Gasteiger partial charge in [0.25, 0.3) is 0 Å². The Morgan fingerprint density at radius 2 is 2.11 bits per heavy atom. The molecule has 1 aliphatic heterocycles. The summed E-state index contributed by atoms with van der Waals surface area (Å²) < 4.78 is 0. The molecule has 1 saturated heterocycles. The van der Waals surface area contributed by atoms with Crippen molar-refractivity contribution in [3.05, 3.63) is 47.2 Å². The Morgan fingerprint density at radius 3 is 2.78 bits per heavy atom. The van der Waals surface area contributed by atoms with Crippen LogP contribution in [0.4, 0.5) is 0 Å². The third kappa shape index (κ3) is 3.50. The van der Waals surface area contributed by atoms with E-state index < -0.39 is 0 Å². The van der Waals surface area contributed by atoms with E-state index in [2.05, 4.69) is 54.5 Å². The van der Waals surface area contributed by atoms with Gasteiger partial charge in [0.1, 0.15) is 0 Å². The van der Waals surface area contributed by atoms with Crippen molar-refractivity contribution in [2.45, 2.75) is 31.8 Å². The van der Waals surface area contributed by atoms with E-state index in [1.54, 1.807) is 0 Å². The molecule has 0 aromatic heterocycles. The van der Waals surface area contributed by atoms with Crippen molar-refractivity contribution in [3.8, 4) is 0 Å². The van der Waals surface area contributed by atoms with Crippen LogP contribution < -0.4 is 5.32 Å². The number of hydrogen-bond acceptors (Lipinski definition) is 2. The van der Waals surface area contributed by atoms with Crippen molar-refractivity contribution >= 4 is 11.6 Å².